The molecule has 1 aromatic carbocycles. The molecule has 0 aliphatic carbocycles. The quantitative estimate of drug-likeness (QED) is 0.792. The molecule has 0 aromatic heterocycles. The molecular formula is C11H13BrN2O3. The summed E-state index contributed by atoms with van der Waals surface area (Å²) in [5, 5.41) is 13.5. The summed E-state index contributed by atoms with van der Waals surface area (Å²) < 4.78 is 0.895. The van der Waals surface area contributed by atoms with E-state index in [0.717, 1.165) is 10.0 Å². The lowest BCUT2D eigenvalue weighted by atomic mass is 10.2. The minimum atomic E-state index is -1.07. The van der Waals surface area contributed by atoms with E-state index in [2.05, 4.69) is 26.6 Å². The van der Waals surface area contributed by atoms with Crippen LogP contribution in [0.15, 0.2) is 28.7 Å². The van der Waals surface area contributed by atoms with Crippen LogP contribution in [0.2, 0.25) is 0 Å². The Morgan fingerprint density at radius 3 is 2.65 bits per heavy atom. The van der Waals surface area contributed by atoms with E-state index in [1.54, 1.807) is 0 Å². The summed E-state index contributed by atoms with van der Waals surface area (Å²) in [4.78, 5) is 21.9. The Kier molecular flexibility index (Phi) is 4.96. The molecule has 3 N–H and O–H groups in total. The lowest BCUT2D eigenvalue weighted by molar-refractivity contribution is -0.138. The Morgan fingerprint density at radius 1 is 1.41 bits per heavy atom. The Morgan fingerprint density at radius 2 is 2.06 bits per heavy atom. The number of carboxylic acids is 1. The van der Waals surface area contributed by atoms with Crippen LogP contribution in [0, 0.1) is 0 Å². The number of urea groups is 1. The SMILES string of the molecule is CC(NC(=O)NCc1ccccc1Br)C(=O)O. The average molecular weight is 301 g/mol. The van der Waals surface area contributed by atoms with Gasteiger partial charge in [-0.2, -0.15) is 0 Å². The standard InChI is InChI=1S/C11H13BrN2O3/c1-7(10(15)16)14-11(17)13-6-8-4-2-3-5-9(8)12/h2-5,7H,6H2,1H3,(H,15,16)(H2,13,14,17). The number of benzene rings is 1. The highest BCUT2D eigenvalue weighted by Gasteiger charge is 2.13. The molecule has 1 rings (SSSR count). The molecular weight excluding hydrogens is 288 g/mol. The normalized spacial score (nSPS) is 11.6. The van der Waals surface area contributed by atoms with Crippen LogP contribution in [0.4, 0.5) is 4.79 Å². The van der Waals surface area contributed by atoms with Gasteiger partial charge in [-0.1, -0.05) is 34.1 Å². The molecule has 1 unspecified atom stereocenters. The lowest BCUT2D eigenvalue weighted by Crippen LogP contribution is -2.44. The van der Waals surface area contributed by atoms with Crippen LogP contribution < -0.4 is 10.6 Å². The summed E-state index contributed by atoms with van der Waals surface area (Å²) in [6, 6.07) is 6.06. The lowest BCUT2D eigenvalue weighted by Gasteiger charge is -2.11. The van der Waals surface area contributed by atoms with Crippen molar-refractivity contribution in [2.45, 2.75) is 19.5 Å². The Labute approximate surface area is 107 Å². The second-order valence-electron chi connectivity index (χ2n) is 3.48. The molecule has 1 atom stereocenters. The number of nitrogens with one attached hydrogen (secondary N) is 2. The van der Waals surface area contributed by atoms with Gasteiger partial charge in [0.05, 0.1) is 0 Å². The molecule has 2 amide bonds. The molecule has 0 aliphatic heterocycles. The molecule has 0 spiro atoms. The summed E-state index contributed by atoms with van der Waals surface area (Å²) in [5.74, 6) is -1.07. The van der Waals surface area contributed by atoms with Crippen molar-refractivity contribution in [2.75, 3.05) is 0 Å². The molecule has 17 heavy (non-hydrogen) atoms. The van der Waals surface area contributed by atoms with E-state index in [-0.39, 0.29) is 0 Å². The number of hydrogen-bond donors (Lipinski definition) is 3. The Balaban J connectivity index is 2.44. The summed E-state index contributed by atoms with van der Waals surface area (Å²) in [5.41, 5.74) is 0.922. The fraction of sp³-hybridized carbons (Fsp3) is 0.273. The number of carboxylic acid groups (broad SMARTS) is 1. The number of hydrogen-bond acceptors (Lipinski definition) is 2. The maximum atomic E-state index is 11.3. The van der Waals surface area contributed by atoms with Crippen LogP contribution in [-0.2, 0) is 11.3 Å². The minimum absolute atomic E-state index is 0.333. The first-order chi connectivity index (χ1) is 8.00. The smallest absolute Gasteiger partial charge is 0.325 e. The van der Waals surface area contributed by atoms with E-state index in [1.807, 2.05) is 24.3 Å². The summed E-state index contributed by atoms with van der Waals surface area (Å²) in [6.45, 7) is 1.74. The van der Waals surface area contributed by atoms with Gasteiger partial charge in [-0.05, 0) is 18.6 Å². The number of carbonyl (C=O) groups excluding carboxylic acids is 1. The highest BCUT2D eigenvalue weighted by atomic mass is 79.9. The predicted molar refractivity (Wildman–Crippen MR) is 66.6 cm³/mol. The fourth-order valence-corrected chi connectivity index (χ4v) is 1.55. The van der Waals surface area contributed by atoms with Crippen molar-refractivity contribution >= 4 is 27.9 Å². The largest absolute Gasteiger partial charge is 0.480 e. The topological polar surface area (TPSA) is 78.4 Å². The van der Waals surface area contributed by atoms with Crippen LogP contribution in [0.25, 0.3) is 0 Å². The maximum absolute atomic E-state index is 11.3. The van der Waals surface area contributed by atoms with Gasteiger partial charge < -0.3 is 15.7 Å². The van der Waals surface area contributed by atoms with E-state index >= 15 is 0 Å². The number of rotatable bonds is 4. The molecule has 1 aromatic rings. The van der Waals surface area contributed by atoms with Crippen molar-refractivity contribution in [3.8, 4) is 0 Å². The monoisotopic (exact) mass is 300 g/mol. The average Bonchev–Trinajstić information content (AvgIpc) is 2.27. The molecule has 6 heteroatoms. The third kappa shape index (κ3) is 4.44. The van der Waals surface area contributed by atoms with Crippen molar-refractivity contribution in [3.05, 3.63) is 34.3 Å². The molecule has 0 saturated heterocycles. The number of carbonyl (C=O) groups is 2. The van der Waals surface area contributed by atoms with Gasteiger partial charge in [-0.15, -0.1) is 0 Å². The molecule has 0 radical (unpaired) electrons. The molecule has 0 bridgehead atoms. The first kappa shape index (κ1) is 13.5. The molecule has 5 nitrogen and oxygen atoms in total. The first-order valence-corrected chi connectivity index (χ1v) is 5.80. The van der Waals surface area contributed by atoms with Crippen molar-refractivity contribution < 1.29 is 14.7 Å². The zero-order valence-corrected chi connectivity index (χ0v) is 10.8. The summed E-state index contributed by atoms with van der Waals surface area (Å²) >= 11 is 3.35. The van der Waals surface area contributed by atoms with Crippen molar-refractivity contribution in [3.63, 3.8) is 0 Å². The van der Waals surface area contributed by atoms with Crippen molar-refractivity contribution in [1.82, 2.24) is 10.6 Å². The van der Waals surface area contributed by atoms with Crippen LogP contribution in [-0.4, -0.2) is 23.1 Å². The van der Waals surface area contributed by atoms with Crippen molar-refractivity contribution in [1.29, 1.82) is 0 Å². The highest BCUT2D eigenvalue weighted by Crippen LogP contribution is 2.15. The number of aliphatic carboxylic acids is 1. The molecule has 0 aliphatic rings. The van der Waals surface area contributed by atoms with Gasteiger partial charge in [0.2, 0.25) is 0 Å². The molecule has 0 fully saturated rings. The van der Waals surface area contributed by atoms with Crippen LogP contribution in [0.5, 0.6) is 0 Å². The van der Waals surface area contributed by atoms with Crippen LogP contribution >= 0.6 is 15.9 Å². The second kappa shape index (κ2) is 6.24. The molecule has 92 valence electrons. The van der Waals surface area contributed by atoms with E-state index in [0.29, 0.717) is 6.54 Å². The zero-order valence-electron chi connectivity index (χ0n) is 9.24. The zero-order chi connectivity index (χ0) is 12.8. The maximum Gasteiger partial charge on any atom is 0.325 e. The molecule has 0 heterocycles. The Hall–Kier alpha value is -1.56. The van der Waals surface area contributed by atoms with Gasteiger partial charge in [0, 0.05) is 11.0 Å². The number of halogens is 1. The van der Waals surface area contributed by atoms with E-state index in [1.165, 1.54) is 6.92 Å². The van der Waals surface area contributed by atoms with E-state index in [9.17, 15) is 9.59 Å². The van der Waals surface area contributed by atoms with E-state index < -0.39 is 18.0 Å². The van der Waals surface area contributed by atoms with Gasteiger partial charge in [0.15, 0.2) is 0 Å². The highest BCUT2D eigenvalue weighted by molar-refractivity contribution is 9.10. The third-order valence-electron chi connectivity index (χ3n) is 2.12. The summed E-state index contributed by atoms with van der Waals surface area (Å²) in [6.07, 6.45) is 0. The fourth-order valence-electron chi connectivity index (χ4n) is 1.13. The van der Waals surface area contributed by atoms with Gasteiger partial charge in [-0.3, -0.25) is 4.79 Å². The summed E-state index contributed by atoms with van der Waals surface area (Å²) in [7, 11) is 0. The van der Waals surface area contributed by atoms with Crippen molar-refractivity contribution in [2.24, 2.45) is 0 Å². The molecule has 0 saturated carbocycles. The van der Waals surface area contributed by atoms with Gasteiger partial charge in [0.1, 0.15) is 6.04 Å². The Bertz CT molecular complexity index is 423. The second-order valence-corrected chi connectivity index (χ2v) is 4.33. The van der Waals surface area contributed by atoms with Crippen LogP contribution in [0.3, 0.4) is 0 Å². The van der Waals surface area contributed by atoms with E-state index in [4.69, 9.17) is 5.11 Å². The minimum Gasteiger partial charge on any atom is -0.480 e. The van der Waals surface area contributed by atoms with Gasteiger partial charge in [0.25, 0.3) is 0 Å². The van der Waals surface area contributed by atoms with Gasteiger partial charge in [-0.25, -0.2) is 4.79 Å². The first-order valence-electron chi connectivity index (χ1n) is 5.01. The number of amides is 2. The van der Waals surface area contributed by atoms with Gasteiger partial charge >= 0.3 is 12.0 Å². The predicted octanol–water partition coefficient (Wildman–Crippen LogP) is 1.72. The van der Waals surface area contributed by atoms with Crippen LogP contribution in [0.1, 0.15) is 12.5 Å². The third-order valence-corrected chi connectivity index (χ3v) is 2.89.